The highest BCUT2D eigenvalue weighted by molar-refractivity contribution is 5.15. The monoisotopic (exact) mass is 274 g/mol. The number of nitrogens with one attached hydrogen (secondary N) is 1. The van der Waals surface area contributed by atoms with E-state index >= 15 is 0 Å². The highest BCUT2D eigenvalue weighted by Gasteiger charge is 2.29. The van der Waals surface area contributed by atoms with E-state index in [9.17, 15) is 0 Å². The Hall–Kier alpha value is -0.860. The lowest BCUT2D eigenvalue weighted by atomic mass is 9.94. The third-order valence-electron chi connectivity index (χ3n) is 4.34. The predicted octanol–water partition coefficient (Wildman–Crippen LogP) is 3.53. The fourth-order valence-corrected chi connectivity index (χ4v) is 3.12. The van der Waals surface area contributed by atoms with Crippen molar-refractivity contribution in [2.75, 3.05) is 13.1 Å². The molecule has 1 N–H and O–H groups in total. The number of hydrogen-bond acceptors (Lipinski definition) is 2. The lowest BCUT2D eigenvalue weighted by Gasteiger charge is -2.42. The van der Waals surface area contributed by atoms with Crippen molar-refractivity contribution in [3.8, 4) is 0 Å². The van der Waals surface area contributed by atoms with Crippen LogP contribution >= 0.6 is 0 Å². The Balaban J connectivity index is 2.05. The summed E-state index contributed by atoms with van der Waals surface area (Å²) in [5.74, 6) is 1.46. The van der Waals surface area contributed by atoms with Gasteiger partial charge in [-0.1, -0.05) is 58.0 Å². The standard InChI is InChI=1S/C18H30N2/c1-14(2)10-17-11-19-18(15(3)4)13-20(17)12-16-8-6-5-7-9-16/h5-9,14-15,17-19H,10-13H2,1-4H3. The van der Waals surface area contributed by atoms with E-state index in [1.807, 2.05) is 0 Å². The molecule has 2 unspecified atom stereocenters. The Bertz CT molecular complexity index is 386. The Labute approximate surface area is 124 Å². The minimum Gasteiger partial charge on any atom is -0.311 e. The highest BCUT2D eigenvalue weighted by atomic mass is 15.2. The van der Waals surface area contributed by atoms with Crippen LogP contribution in [0, 0.1) is 11.8 Å². The molecule has 20 heavy (non-hydrogen) atoms. The molecule has 0 aromatic heterocycles. The molecule has 1 aliphatic heterocycles. The zero-order valence-electron chi connectivity index (χ0n) is 13.5. The molecule has 2 heteroatoms. The van der Waals surface area contributed by atoms with Gasteiger partial charge in [0.05, 0.1) is 0 Å². The van der Waals surface area contributed by atoms with E-state index in [0.717, 1.165) is 19.0 Å². The van der Waals surface area contributed by atoms with Crippen LogP contribution in [0.5, 0.6) is 0 Å². The zero-order chi connectivity index (χ0) is 14.5. The van der Waals surface area contributed by atoms with Crippen LogP contribution in [0.1, 0.15) is 39.7 Å². The summed E-state index contributed by atoms with van der Waals surface area (Å²) in [4.78, 5) is 2.69. The first kappa shape index (κ1) is 15.5. The van der Waals surface area contributed by atoms with Gasteiger partial charge in [0.1, 0.15) is 0 Å². The number of rotatable bonds is 5. The second kappa shape index (κ2) is 7.24. The van der Waals surface area contributed by atoms with E-state index in [4.69, 9.17) is 0 Å². The van der Waals surface area contributed by atoms with Crippen molar-refractivity contribution >= 4 is 0 Å². The normalized spacial score (nSPS) is 24.5. The van der Waals surface area contributed by atoms with E-state index < -0.39 is 0 Å². The maximum absolute atomic E-state index is 3.75. The Morgan fingerprint density at radius 2 is 1.85 bits per heavy atom. The maximum Gasteiger partial charge on any atom is 0.0237 e. The summed E-state index contributed by atoms with van der Waals surface area (Å²) in [6.07, 6.45) is 1.28. The highest BCUT2D eigenvalue weighted by Crippen LogP contribution is 2.20. The van der Waals surface area contributed by atoms with Gasteiger partial charge in [-0.2, -0.15) is 0 Å². The fourth-order valence-electron chi connectivity index (χ4n) is 3.12. The Morgan fingerprint density at radius 3 is 2.45 bits per heavy atom. The van der Waals surface area contributed by atoms with Gasteiger partial charge in [-0.25, -0.2) is 0 Å². The van der Waals surface area contributed by atoms with E-state index in [2.05, 4.69) is 68.2 Å². The van der Waals surface area contributed by atoms with Crippen molar-refractivity contribution in [1.29, 1.82) is 0 Å². The van der Waals surface area contributed by atoms with Gasteiger partial charge in [0.25, 0.3) is 0 Å². The topological polar surface area (TPSA) is 15.3 Å². The van der Waals surface area contributed by atoms with Crippen LogP contribution in [0.4, 0.5) is 0 Å². The summed E-state index contributed by atoms with van der Waals surface area (Å²) in [5.41, 5.74) is 1.44. The summed E-state index contributed by atoms with van der Waals surface area (Å²) in [6.45, 7) is 12.7. The predicted molar refractivity (Wildman–Crippen MR) is 86.7 cm³/mol. The van der Waals surface area contributed by atoms with E-state index in [-0.39, 0.29) is 0 Å². The lowest BCUT2D eigenvalue weighted by molar-refractivity contribution is 0.0924. The van der Waals surface area contributed by atoms with Crippen molar-refractivity contribution in [2.24, 2.45) is 11.8 Å². The molecule has 0 aliphatic carbocycles. The first-order valence-corrected chi connectivity index (χ1v) is 8.07. The summed E-state index contributed by atoms with van der Waals surface area (Å²) < 4.78 is 0. The molecule has 2 rings (SSSR count). The van der Waals surface area contributed by atoms with Crippen molar-refractivity contribution in [3.05, 3.63) is 35.9 Å². The van der Waals surface area contributed by atoms with Crippen LogP contribution in [0.25, 0.3) is 0 Å². The molecule has 0 spiro atoms. The van der Waals surface area contributed by atoms with E-state index in [1.54, 1.807) is 0 Å². The molecule has 0 radical (unpaired) electrons. The van der Waals surface area contributed by atoms with Crippen LogP contribution in [0.15, 0.2) is 30.3 Å². The molecule has 2 atom stereocenters. The van der Waals surface area contributed by atoms with Gasteiger partial charge in [-0.3, -0.25) is 4.90 Å². The van der Waals surface area contributed by atoms with Crippen molar-refractivity contribution in [1.82, 2.24) is 10.2 Å². The molecule has 1 fully saturated rings. The summed E-state index contributed by atoms with van der Waals surface area (Å²) in [6, 6.07) is 12.2. The number of benzene rings is 1. The maximum atomic E-state index is 3.75. The van der Waals surface area contributed by atoms with Gasteiger partial charge in [0.15, 0.2) is 0 Å². The molecule has 1 heterocycles. The molecule has 1 aliphatic rings. The van der Waals surface area contributed by atoms with Gasteiger partial charge < -0.3 is 5.32 Å². The number of hydrogen-bond donors (Lipinski definition) is 1. The molecule has 1 saturated heterocycles. The number of piperazine rings is 1. The molecule has 0 saturated carbocycles. The van der Waals surface area contributed by atoms with Crippen LogP contribution in [0.2, 0.25) is 0 Å². The van der Waals surface area contributed by atoms with Crippen molar-refractivity contribution < 1.29 is 0 Å². The molecule has 0 amide bonds. The van der Waals surface area contributed by atoms with Crippen LogP contribution < -0.4 is 5.32 Å². The number of nitrogens with zero attached hydrogens (tertiary/aromatic N) is 1. The summed E-state index contributed by atoms with van der Waals surface area (Å²) in [5, 5.41) is 3.75. The molecular formula is C18H30N2. The first-order chi connectivity index (χ1) is 9.56. The van der Waals surface area contributed by atoms with Gasteiger partial charge in [0, 0.05) is 31.7 Å². The molecule has 1 aromatic carbocycles. The molecular weight excluding hydrogens is 244 g/mol. The molecule has 1 aromatic rings. The van der Waals surface area contributed by atoms with Gasteiger partial charge >= 0.3 is 0 Å². The molecule has 112 valence electrons. The van der Waals surface area contributed by atoms with Gasteiger partial charge in [-0.15, -0.1) is 0 Å². The molecule has 0 bridgehead atoms. The SMILES string of the molecule is CC(C)CC1CNC(C(C)C)CN1Cc1ccccc1. The van der Waals surface area contributed by atoms with Crippen molar-refractivity contribution in [2.45, 2.75) is 52.7 Å². The Morgan fingerprint density at radius 1 is 1.15 bits per heavy atom. The second-order valence-corrected chi connectivity index (χ2v) is 6.96. The van der Waals surface area contributed by atoms with E-state index in [0.29, 0.717) is 18.0 Å². The second-order valence-electron chi connectivity index (χ2n) is 6.96. The largest absolute Gasteiger partial charge is 0.311 e. The van der Waals surface area contributed by atoms with Gasteiger partial charge in [0.2, 0.25) is 0 Å². The first-order valence-electron chi connectivity index (χ1n) is 8.07. The third-order valence-corrected chi connectivity index (χ3v) is 4.34. The smallest absolute Gasteiger partial charge is 0.0237 e. The van der Waals surface area contributed by atoms with Crippen LogP contribution in [-0.4, -0.2) is 30.1 Å². The van der Waals surface area contributed by atoms with Crippen LogP contribution in [-0.2, 0) is 6.54 Å². The molecule has 2 nitrogen and oxygen atoms in total. The van der Waals surface area contributed by atoms with E-state index in [1.165, 1.54) is 18.5 Å². The average Bonchev–Trinajstić information content (AvgIpc) is 2.41. The minimum atomic E-state index is 0.627. The average molecular weight is 274 g/mol. The Kier molecular flexibility index (Phi) is 5.62. The lowest BCUT2D eigenvalue weighted by Crippen LogP contribution is -2.57. The van der Waals surface area contributed by atoms with Crippen LogP contribution in [0.3, 0.4) is 0 Å². The summed E-state index contributed by atoms with van der Waals surface area (Å²) in [7, 11) is 0. The third kappa shape index (κ3) is 4.32. The van der Waals surface area contributed by atoms with Crippen molar-refractivity contribution in [3.63, 3.8) is 0 Å². The minimum absolute atomic E-state index is 0.627. The fraction of sp³-hybridized carbons (Fsp3) is 0.667. The van der Waals surface area contributed by atoms with Gasteiger partial charge in [-0.05, 0) is 23.8 Å². The zero-order valence-corrected chi connectivity index (χ0v) is 13.5. The summed E-state index contributed by atoms with van der Waals surface area (Å²) >= 11 is 0. The quantitative estimate of drug-likeness (QED) is 0.883.